The second-order valence-corrected chi connectivity index (χ2v) is 6.42. The van der Waals surface area contributed by atoms with Gasteiger partial charge in [-0.3, -0.25) is 25.3 Å². The molecule has 1 amide bonds. The molecular formula is C16H16ClN7OS. The molecule has 26 heavy (non-hydrogen) atoms. The first kappa shape index (κ1) is 18.0. The first-order valence-electron chi connectivity index (χ1n) is 7.70. The number of carbonyl (C=O) groups excluding carboxylic acids is 1. The number of aromatic nitrogens is 5. The van der Waals surface area contributed by atoms with Gasteiger partial charge in [-0.05, 0) is 56.4 Å². The van der Waals surface area contributed by atoms with Crippen LogP contribution >= 0.6 is 23.8 Å². The van der Waals surface area contributed by atoms with Gasteiger partial charge in [0, 0.05) is 22.0 Å². The molecule has 3 N–H and O–H groups in total. The van der Waals surface area contributed by atoms with Gasteiger partial charge in [0.2, 0.25) is 5.95 Å². The Morgan fingerprint density at radius 2 is 1.88 bits per heavy atom. The van der Waals surface area contributed by atoms with Crippen LogP contribution in [0.25, 0.3) is 11.4 Å². The number of anilines is 1. The Bertz CT molecular complexity index is 976. The molecule has 134 valence electrons. The number of hydrazine groups is 1. The fraction of sp³-hybridized carbons (Fsp3) is 0.188. The monoisotopic (exact) mass is 389 g/mol. The Kier molecular flexibility index (Phi) is 5.29. The largest absolute Gasteiger partial charge is 0.291 e. The van der Waals surface area contributed by atoms with E-state index in [-0.39, 0.29) is 12.5 Å². The van der Waals surface area contributed by atoms with Crippen LogP contribution in [0.5, 0.6) is 0 Å². The molecule has 2 aromatic heterocycles. The summed E-state index contributed by atoms with van der Waals surface area (Å²) in [5, 5.41) is 7.51. The lowest BCUT2D eigenvalue weighted by atomic mass is 10.2. The number of amides is 1. The SMILES string of the molecule is Cc1cc(C)nc(NNC(=O)Cn2c(-c3ccc(Cl)cc3)n[nH]c2=S)n1. The van der Waals surface area contributed by atoms with Crippen molar-refractivity contribution in [1.29, 1.82) is 0 Å². The second-order valence-electron chi connectivity index (χ2n) is 5.59. The minimum atomic E-state index is -0.319. The molecule has 0 saturated carbocycles. The number of H-pyrrole nitrogens is 1. The molecule has 0 spiro atoms. The maximum atomic E-state index is 12.3. The van der Waals surface area contributed by atoms with Crippen molar-refractivity contribution < 1.29 is 4.79 Å². The number of hydrogen-bond acceptors (Lipinski definition) is 6. The molecule has 0 aliphatic rings. The molecule has 10 heteroatoms. The summed E-state index contributed by atoms with van der Waals surface area (Å²) >= 11 is 11.1. The first-order chi connectivity index (χ1) is 12.4. The van der Waals surface area contributed by atoms with Crippen molar-refractivity contribution >= 4 is 35.7 Å². The standard InChI is InChI=1S/C16H16ClN7OS/c1-9-7-10(2)19-15(18-9)22-20-13(25)8-24-14(21-23-16(24)26)11-3-5-12(17)6-4-11/h3-7H,8H2,1-2H3,(H,20,25)(H,23,26)(H,18,19,22). The maximum absolute atomic E-state index is 12.3. The van der Waals surface area contributed by atoms with Gasteiger partial charge < -0.3 is 0 Å². The Balaban J connectivity index is 1.72. The molecule has 3 aromatic rings. The lowest BCUT2D eigenvalue weighted by molar-refractivity contribution is -0.121. The van der Waals surface area contributed by atoms with E-state index < -0.39 is 0 Å². The number of nitrogens with zero attached hydrogens (tertiary/aromatic N) is 4. The van der Waals surface area contributed by atoms with Crippen molar-refractivity contribution in [2.45, 2.75) is 20.4 Å². The zero-order valence-corrected chi connectivity index (χ0v) is 15.6. The van der Waals surface area contributed by atoms with Gasteiger partial charge in [0.05, 0.1) is 0 Å². The van der Waals surface area contributed by atoms with E-state index in [0.717, 1.165) is 17.0 Å². The lowest BCUT2D eigenvalue weighted by Gasteiger charge is -2.10. The highest BCUT2D eigenvalue weighted by Gasteiger charge is 2.12. The van der Waals surface area contributed by atoms with Gasteiger partial charge in [-0.25, -0.2) is 9.97 Å². The van der Waals surface area contributed by atoms with Gasteiger partial charge in [0.15, 0.2) is 10.6 Å². The van der Waals surface area contributed by atoms with Gasteiger partial charge in [0.25, 0.3) is 5.91 Å². The van der Waals surface area contributed by atoms with Crippen molar-refractivity contribution in [3.63, 3.8) is 0 Å². The van der Waals surface area contributed by atoms with Gasteiger partial charge in [-0.2, -0.15) is 5.10 Å². The Hall–Kier alpha value is -2.78. The van der Waals surface area contributed by atoms with Gasteiger partial charge >= 0.3 is 0 Å². The fourth-order valence-corrected chi connectivity index (χ4v) is 2.70. The van der Waals surface area contributed by atoms with E-state index in [1.165, 1.54) is 0 Å². The van der Waals surface area contributed by atoms with Crippen LogP contribution in [0.15, 0.2) is 30.3 Å². The van der Waals surface area contributed by atoms with Gasteiger partial charge in [0.1, 0.15) is 6.54 Å². The van der Waals surface area contributed by atoms with Crippen molar-refractivity contribution in [2.24, 2.45) is 0 Å². The van der Waals surface area contributed by atoms with E-state index in [2.05, 4.69) is 31.0 Å². The molecular weight excluding hydrogens is 374 g/mol. The van der Waals surface area contributed by atoms with Crippen molar-refractivity contribution in [3.05, 3.63) is 51.5 Å². The van der Waals surface area contributed by atoms with Crippen molar-refractivity contribution in [3.8, 4) is 11.4 Å². The molecule has 0 aliphatic heterocycles. The Labute approximate surface area is 159 Å². The molecule has 0 atom stereocenters. The third-order valence-electron chi connectivity index (χ3n) is 3.46. The summed E-state index contributed by atoms with van der Waals surface area (Å²) in [4.78, 5) is 20.7. The number of nitrogens with one attached hydrogen (secondary N) is 3. The molecule has 0 saturated heterocycles. The highest BCUT2D eigenvalue weighted by Crippen LogP contribution is 2.19. The quantitative estimate of drug-likeness (QED) is 0.458. The maximum Gasteiger partial charge on any atom is 0.258 e. The van der Waals surface area contributed by atoms with Crippen LogP contribution in [0.3, 0.4) is 0 Å². The van der Waals surface area contributed by atoms with E-state index in [1.807, 2.05) is 32.0 Å². The number of hydrogen-bond donors (Lipinski definition) is 3. The van der Waals surface area contributed by atoms with Crippen LogP contribution in [0, 0.1) is 18.6 Å². The van der Waals surface area contributed by atoms with Gasteiger partial charge in [-0.15, -0.1) is 0 Å². The number of halogens is 1. The van der Waals surface area contributed by atoms with E-state index in [0.29, 0.717) is 21.6 Å². The number of carbonyl (C=O) groups is 1. The van der Waals surface area contributed by atoms with Crippen molar-refractivity contribution in [2.75, 3.05) is 5.43 Å². The molecule has 0 bridgehead atoms. The zero-order valence-electron chi connectivity index (χ0n) is 14.1. The van der Waals surface area contributed by atoms with E-state index in [4.69, 9.17) is 23.8 Å². The third kappa shape index (κ3) is 4.24. The van der Waals surface area contributed by atoms with Gasteiger partial charge in [-0.1, -0.05) is 11.6 Å². The number of aromatic amines is 1. The third-order valence-corrected chi connectivity index (χ3v) is 4.02. The molecule has 0 radical (unpaired) electrons. The molecule has 2 heterocycles. The smallest absolute Gasteiger partial charge is 0.258 e. The molecule has 0 unspecified atom stereocenters. The van der Waals surface area contributed by atoms with Crippen LogP contribution in [0.4, 0.5) is 5.95 Å². The van der Waals surface area contributed by atoms with Crippen LogP contribution in [0.1, 0.15) is 11.4 Å². The predicted molar refractivity (Wildman–Crippen MR) is 101 cm³/mol. The van der Waals surface area contributed by atoms with Crippen LogP contribution in [0.2, 0.25) is 5.02 Å². The summed E-state index contributed by atoms with van der Waals surface area (Å²) in [6, 6.07) is 8.96. The topological polar surface area (TPSA) is 101 Å². The number of rotatable bonds is 5. The lowest BCUT2D eigenvalue weighted by Crippen LogP contribution is -2.33. The highest BCUT2D eigenvalue weighted by molar-refractivity contribution is 7.71. The van der Waals surface area contributed by atoms with Crippen LogP contribution in [-0.2, 0) is 11.3 Å². The van der Waals surface area contributed by atoms with Crippen LogP contribution in [-0.4, -0.2) is 30.6 Å². The summed E-state index contributed by atoms with van der Waals surface area (Å²) in [7, 11) is 0. The van der Waals surface area contributed by atoms with E-state index >= 15 is 0 Å². The predicted octanol–water partition coefficient (Wildman–Crippen LogP) is 2.81. The fourth-order valence-electron chi connectivity index (χ4n) is 2.37. The van der Waals surface area contributed by atoms with Crippen LogP contribution < -0.4 is 10.9 Å². The molecule has 8 nitrogen and oxygen atoms in total. The highest BCUT2D eigenvalue weighted by atomic mass is 35.5. The molecule has 0 aliphatic carbocycles. The number of aryl methyl sites for hydroxylation is 2. The minimum Gasteiger partial charge on any atom is -0.291 e. The summed E-state index contributed by atoms with van der Waals surface area (Å²) in [6.45, 7) is 3.68. The van der Waals surface area contributed by atoms with Crippen molar-refractivity contribution in [1.82, 2.24) is 30.2 Å². The summed E-state index contributed by atoms with van der Waals surface area (Å²) in [5.41, 5.74) is 7.67. The summed E-state index contributed by atoms with van der Waals surface area (Å²) in [6.07, 6.45) is 0. The zero-order chi connectivity index (χ0) is 18.7. The first-order valence-corrected chi connectivity index (χ1v) is 8.49. The Morgan fingerprint density at radius 1 is 1.23 bits per heavy atom. The molecule has 1 aromatic carbocycles. The van der Waals surface area contributed by atoms with E-state index in [9.17, 15) is 4.79 Å². The average molecular weight is 390 g/mol. The molecule has 0 fully saturated rings. The molecule has 3 rings (SSSR count). The average Bonchev–Trinajstić information content (AvgIpc) is 2.94. The summed E-state index contributed by atoms with van der Waals surface area (Å²) in [5.74, 6) is 0.550. The second kappa shape index (κ2) is 7.63. The number of benzene rings is 1. The summed E-state index contributed by atoms with van der Waals surface area (Å²) < 4.78 is 1.94. The Morgan fingerprint density at radius 3 is 2.54 bits per heavy atom. The minimum absolute atomic E-state index is 0.0227. The van der Waals surface area contributed by atoms with E-state index in [1.54, 1.807) is 16.7 Å². The normalized spacial score (nSPS) is 10.6.